The Balaban J connectivity index is 2.12. The second kappa shape index (κ2) is 5.95. The van der Waals surface area contributed by atoms with Gasteiger partial charge in [0, 0.05) is 12.5 Å². The molecule has 1 aliphatic rings. The van der Waals surface area contributed by atoms with Gasteiger partial charge in [0.05, 0.1) is 5.60 Å². The van der Waals surface area contributed by atoms with Gasteiger partial charge in [0.25, 0.3) is 0 Å². The normalized spacial score (nSPS) is 18.0. The Hall–Kier alpha value is -1.90. The quantitative estimate of drug-likeness (QED) is 0.914. The zero-order valence-electron chi connectivity index (χ0n) is 14.4. The number of allylic oxidation sites excluding steroid dienone is 2. The summed E-state index contributed by atoms with van der Waals surface area (Å²) in [5, 5.41) is 13.1. The van der Waals surface area contributed by atoms with Crippen molar-refractivity contribution in [3.8, 4) is 0 Å². The Morgan fingerprint density at radius 3 is 2.52 bits per heavy atom. The van der Waals surface area contributed by atoms with Crippen molar-refractivity contribution in [3.63, 3.8) is 0 Å². The number of benzene rings is 2. The van der Waals surface area contributed by atoms with Gasteiger partial charge in [0.15, 0.2) is 0 Å². The van der Waals surface area contributed by atoms with E-state index >= 15 is 0 Å². The van der Waals surface area contributed by atoms with Crippen LogP contribution in [0, 0.1) is 0 Å². The van der Waals surface area contributed by atoms with Crippen LogP contribution < -0.4 is 0 Å². The van der Waals surface area contributed by atoms with Crippen LogP contribution in [-0.2, 0) is 5.60 Å². The fourth-order valence-corrected chi connectivity index (χ4v) is 3.48. The molecule has 0 aliphatic heterocycles. The van der Waals surface area contributed by atoms with Crippen molar-refractivity contribution in [1.82, 2.24) is 4.90 Å². The average Bonchev–Trinajstić information content (AvgIpc) is 2.92. The number of hydrogen-bond donors (Lipinski definition) is 1. The second-order valence-corrected chi connectivity index (χ2v) is 7.17. The number of aliphatic hydroxyl groups is 1. The van der Waals surface area contributed by atoms with Gasteiger partial charge in [-0.1, -0.05) is 54.6 Å². The van der Waals surface area contributed by atoms with Crippen LogP contribution in [-0.4, -0.2) is 30.6 Å². The molecular formula is C21H25NO. The largest absolute Gasteiger partial charge is 0.386 e. The third-order valence-corrected chi connectivity index (χ3v) is 4.34. The van der Waals surface area contributed by atoms with Crippen molar-refractivity contribution in [1.29, 1.82) is 0 Å². The van der Waals surface area contributed by atoms with Gasteiger partial charge in [0.1, 0.15) is 0 Å². The molecule has 1 atom stereocenters. The highest BCUT2D eigenvalue weighted by Gasteiger charge is 2.26. The molecule has 0 bridgehead atoms. The van der Waals surface area contributed by atoms with Crippen molar-refractivity contribution < 1.29 is 5.11 Å². The van der Waals surface area contributed by atoms with Crippen LogP contribution in [0.5, 0.6) is 0 Å². The van der Waals surface area contributed by atoms with E-state index in [0.29, 0.717) is 0 Å². The summed E-state index contributed by atoms with van der Waals surface area (Å²) >= 11 is 0. The first-order valence-electron chi connectivity index (χ1n) is 8.14. The SMILES string of the molecule is CN(C)CC1=CC(c2ccc3ccccc3c2C(C)(C)O)C=C1. The van der Waals surface area contributed by atoms with Crippen molar-refractivity contribution >= 4 is 10.8 Å². The molecule has 1 unspecified atom stereocenters. The Morgan fingerprint density at radius 2 is 1.83 bits per heavy atom. The summed E-state index contributed by atoms with van der Waals surface area (Å²) in [5.74, 6) is 0.232. The minimum Gasteiger partial charge on any atom is -0.386 e. The molecule has 2 aromatic carbocycles. The highest BCUT2D eigenvalue weighted by atomic mass is 16.3. The lowest BCUT2D eigenvalue weighted by Gasteiger charge is -2.26. The summed E-state index contributed by atoms with van der Waals surface area (Å²) in [6.07, 6.45) is 6.74. The maximum absolute atomic E-state index is 10.8. The maximum atomic E-state index is 10.8. The standard InChI is InChI=1S/C21H25NO/c1-21(2,23)20-18-8-6-5-7-16(18)11-12-19(20)17-10-9-15(13-17)14-22(3)4/h5-13,17,23H,14H2,1-4H3. The lowest BCUT2D eigenvalue weighted by atomic mass is 9.83. The van der Waals surface area contributed by atoms with Crippen LogP contribution in [0.1, 0.15) is 30.9 Å². The number of fused-ring (bicyclic) bond motifs is 1. The van der Waals surface area contributed by atoms with Gasteiger partial charge in [-0.25, -0.2) is 0 Å². The Kier molecular flexibility index (Phi) is 4.13. The number of nitrogens with zero attached hydrogens (tertiary/aromatic N) is 1. The van der Waals surface area contributed by atoms with E-state index in [-0.39, 0.29) is 5.92 Å². The highest BCUT2D eigenvalue weighted by molar-refractivity contribution is 5.88. The molecule has 0 saturated heterocycles. The summed E-state index contributed by atoms with van der Waals surface area (Å²) in [4.78, 5) is 2.18. The average molecular weight is 307 g/mol. The van der Waals surface area contributed by atoms with Crippen LogP contribution in [0.3, 0.4) is 0 Å². The van der Waals surface area contributed by atoms with E-state index in [9.17, 15) is 5.11 Å². The molecule has 0 saturated carbocycles. The van der Waals surface area contributed by atoms with Gasteiger partial charge in [-0.3, -0.25) is 0 Å². The molecule has 3 rings (SSSR count). The van der Waals surface area contributed by atoms with E-state index in [0.717, 1.165) is 17.5 Å². The predicted molar refractivity (Wildman–Crippen MR) is 97.7 cm³/mol. The molecule has 120 valence electrons. The number of likely N-dealkylation sites (N-methyl/N-ethyl adjacent to an activating group) is 1. The molecule has 2 aromatic rings. The zero-order chi connectivity index (χ0) is 16.6. The Labute approximate surface area is 138 Å². The van der Waals surface area contributed by atoms with E-state index in [4.69, 9.17) is 0 Å². The first-order valence-corrected chi connectivity index (χ1v) is 8.14. The van der Waals surface area contributed by atoms with Crippen LogP contribution >= 0.6 is 0 Å². The molecule has 1 aliphatic carbocycles. The molecule has 2 heteroatoms. The van der Waals surface area contributed by atoms with Crippen molar-refractivity contribution in [2.24, 2.45) is 0 Å². The van der Waals surface area contributed by atoms with E-state index < -0.39 is 5.60 Å². The lowest BCUT2D eigenvalue weighted by molar-refractivity contribution is 0.0792. The minimum atomic E-state index is -0.873. The molecule has 0 radical (unpaired) electrons. The summed E-state index contributed by atoms with van der Waals surface area (Å²) < 4.78 is 0. The van der Waals surface area contributed by atoms with Gasteiger partial charge in [-0.05, 0) is 55.4 Å². The van der Waals surface area contributed by atoms with E-state index in [1.165, 1.54) is 16.5 Å². The topological polar surface area (TPSA) is 23.5 Å². The summed E-state index contributed by atoms with van der Waals surface area (Å²) in [6, 6.07) is 12.6. The molecule has 0 amide bonds. The van der Waals surface area contributed by atoms with E-state index in [1.54, 1.807) is 0 Å². The summed E-state index contributed by atoms with van der Waals surface area (Å²) in [7, 11) is 4.17. The zero-order valence-corrected chi connectivity index (χ0v) is 14.4. The summed E-state index contributed by atoms with van der Waals surface area (Å²) in [6.45, 7) is 4.70. The van der Waals surface area contributed by atoms with E-state index in [2.05, 4.69) is 61.5 Å². The maximum Gasteiger partial charge on any atom is 0.0849 e. The first kappa shape index (κ1) is 16.0. The first-order chi connectivity index (χ1) is 10.9. The smallest absolute Gasteiger partial charge is 0.0849 e. The molecule has 1 N–H and O–H groups in total. The van der Waals surface area contributed by atoms with Crippen LogP contribution in [0.25, 0.3) is 10.8 Å². The Morgan fingerprint density at radius 1 is 1.09 bits per heavy atom. The minimum absolute atomic E-state index is 0.232. The van der Waals surface area contributed by atoms with Crippen LogP contribution in [0.15, 0.2) is 60.2 Å². The summed E-state index contributed by atoms with van der Waals surface area (Å²) in [5.41, 5.74) is 2.69. The second-order valence-electron chi connectivity index (χ2n) is 7.17. The van der Waals surface area contributed by atoms with Crippen molar-refractivity contribution in [2.45, 2.75) is 25.4 Å². The Bertz CT molecular complexity index is 778. The number of rotatable bonds is 4. The molecule has 0 spiro atoms. The van der Waals surface area contributed by atoms with Gasteiger partial charge in [-0.15, -0.1) is 0 Å². The molecule has 0 heterocycles. The third kappa shape index (κ3) is 3.24. The third-order valence-electron chi connectivity index (χ3n) is 4.34. The van der Waals surface area contributed by atoms with Crippen LogP contribution in [0.4, 0.5) is 0 Å². The van der Waals surface area contributed by atoms with Crippen molar-refractivity contribution in [2.75, 3.05) is 20.6 Å². The molecule has 0 fully saturated rings. The van der Waals surface area contributed by atoms with E-state index in [1.807, 2.05) is 26.0 Å². The van der Waals surface area contributed by atoms with Gasteiger partial charge in [-0.2, -0.15) is 0 Å². The lowest BCUT2D eigenvalue weighted by Crippen LogP contribution is -2.19. The monoisotopic (exact) mass is 307 g/mol. The highest BCUT2D eigenvalue weighted by Crippen LogP contribution is 2.38. The molecular weight excluding hydrogens is 282 g/mol. The van der Waals surface area contributed by atoms with Crippen molar-refractivity contribution in [3.05, 3.63) is 71.3 Å². The number of hydrogen-bond acceptors (Lipinski definition) is 2. The van der Waals surface area contributed by atoms with Gasteiger partial charge >= 0.3 is 0 Å². The fraction of sp³-hybridized carbons (Fsp3) is 0.333. The predicted octanol–water partition coefficient (Wildman–Crippen LogP) is 4.21. The molecule has 0 aromatic heterocycles. The van der Waals surface area contributed by atoms with Crippen LogP contribution in [0.2, 0.25) is 0 Å². The molecule has 23 heavy (non-hydrogen) atoms. The van der Waals surface area contributed by atoms with Gasteiger partial charge < -0.3 is 10.0 Å². The fourth-order valence-electron chi connectivity index (χ4n) is 3.48. The molecule has 2 nitrogen and oxygen atoms in total. The van der Waals surface area contributed by atoms with Gasteiger partial charge in [0.2, 0.25) is 0 Å².